The second kappa shape index (κ2) is 6.57. The molecule has 0 aromatic heterocycles. The van der Waals surface area contributed by atoms with Gasteiger partial charge in [0.1, 0.15) is 0 Å². The van der Waals surface area contributed by atoms with E-state index in [1.165, 1.54) is 0 Å². The van der Waals surface area contributed by atoms with Crippen LogP contribution in [-0.4, -0.2) is 12.5 Å². The van der Waals surface area contributed by atoms with Crippen LogP contribution in [0, 0.1) is 0 Å². The highest BCUT2D eigenvalue weighted by Gasteiger charge is 2.03. The van der Waals surface area contributed by atoms with Gasteiger partial charge >= 0.3 is 0 Å². The Bertz CT molecular complexity index is 526. The Kier molecular flexibility index (Phi) is 4.01. The van der Waals surface area contributed by atoms with E-state index in [-0.39, 0.29) is 5.91 Å². The number of hydrogen-bond acceptors (Lipinski definition) is 2. The van der Waals surface area contributed by atoms with Gasteiger partial charge in [0.25, 0.3) is 5.91 Å². The Morgan fingerprint density at radius 2 is 1.83 bits per heavy atom. The van der Waals surface area contributed by atoms with Gasteiger partial charge in [-0.05, 0) is 24.1 Å². The summed E-state index contributed by atoms with van der Waals surface area (Å²) < 4.78 is 7.37. The first kappa shape index (κ1) is 11.0. The molecule has 0 unspecified atom stereocenters. The molecular formula is C15H15NO2. The molecular weight excluding hydrogens is 226 g/mol. The van der Waals surface area contributed by atoms with Crippen LogP contribution in [-0.2, 0) is 11.3 Å². The van der Waals surface area contributed by atoms with Gasteiger partial charge in [0, 0.05) is 5.56 Å². The van der Waals surface area contributed by atoms with E-state index >= 15 is 0 Å². The van der Waals surface area contributed by atoms with Crippen LogP contribution in [0.2, 0.25) is 0 Å². The first-order valence-corrected chi connectivity index (χ1v) is 5.78. The zero-order valence-electron chi connectivity index (χ0n) is 10.9. The number of rotatable bonds is 5. The predicted molar refractivity (Wildman–Crippen MR) is 70.0 cm³/mol. The summed E-state index contributed by atoms with van der Waals surface area (Å²) in [5.41, 5.74) is 4.05. The minimum atomic E-state index is -0.248. The summed E-state index contributed by atoms with van der Waals surface area (Å²) >= 11 is 0. The molecule has 1 amide bonds. The van der Waals surface area contributed by atoms with Gasteiger partial charge in [-0.15, -0.1) is 0 Å². The lowest BCUT2D eigenvalue weighted by Gasteiger charge is -2.05. The molecule has 0 saturated heterocycles. The lowest BCUT2D eigenvalue weighted by Crippen LogP contribution is -2.24. The molecule has 3 nitrogen and oxygen atoms in total. The molecule has 92 valence electrons. The van der Waals surface area contributed by atoms with E-state index in [1.807, 2.05) is 18.2 Å². The lowest BCUT2D eigenvalue weighted by atomic mass is 10.2. The number of nitrogens with one attached hydrogen (secondary N) is 1. The van der Waals surface area contributed by atoms with Crippen molar-refractivity contribution < 1.29 is 11.0 Å². The Labute approximate surface area is 108 Å². The first-order valence-electron chi connectivity index (χ1n) is 6.28. The molecule has 2 aromatic carbocycles. The molecule has 18 heavy (non-hydrogen) atoms. The third kappa shape index (κ3) is 3.71. The van der Waals surface area contributed by atoms with Gasteiger partial charge in [0.15, 0.2) is 0 Å². The molecule has 2 aromatic rings. The van der Waals surface area contributed by atoms with Crippen molar-refractivity contribution in [2.24, 2.45) is 0 Å². The van der Waals surface area contributed by atoms with E-state index in [4.69, 9.17) is 6.21 Å². The number of hydroxylamine groups is 1. The van der Waals surface area contributed by atoms with Gasteiger partial charge in [0.05, 0.1) is 7.98 Å². The van der Waals surface area contributed by atoms with Crippen LogP contribution in [0.1, 0.15) is 17.3 Å². The smallest absolute Gasteiger partial charge is 0.273 e. The van der Waals surface area contributed by atoms with Gasteiger partial charge in [-0.1, -0.05) is 48.5 Å². The van der Waals surface area contributed by atoms with E-state index in [1.54, 1.807) is 36.4 Å². The highest BCUT2D eigenvalue weighted by Crippen LogP contribution is 2.00. The van der Waals surface area contributed by atoms with Gasteiger partial charge in [0.2, 0.25) is 0 Å². The summed E-state index contributed by atoms with van der Waals surface area (Å²) in [6.45, 7) is 0.399. The van der Waals surface area contributed by atoms with Gasteiger partial charge in [-0.25, -0.2) is 5.48 Å². The summed E-state index contributed by atoms with van der Waals surface area (Å²) in [5.74, 6) is -0.248. The highest BCUT2D eigenvalue weighted by molar-refractivity contribution is 5.93. The molecule has 0 radical (unpaired) electrons. The highest BCUT2D eigenvalue weighted by atomic mass is 16.6. The Morgan fingerprint density at radius 1 is 1.11 bits per heavy atom. The van der Waals surface area contributed by atoms with Crippen molar-refractivity contribution in [1.82, 2.24) is 5.48 Å². The summed E-state index contributed by atoms with van der Waals surface area (Å²) in [6, 6.07) is 16.6. The second-order valence-electron chi connectivity index (χ2n) is 3.80. The Hall–Kier alpha value is -2.13. The monoisotopic (exact) mass is 242 g/mol. The molecule has 0 bridgehead atoms. The largest absolute Gasteiger partial charge is 0.274 e. The number of carbonyl (C=O) groups excluding carboxylic acids is 1. The van der Waals surface area contributed by atoms with Crippen LogP contribution in [0.5, 0.6) is 0 Å². The van der Waals surface area contributed by atoms with Gasteiger partial charge < -0.3 is 0 Å². The van der Waals surface area contributed by atoms with Crippen LogP contribution < -0.4 is 5.48 Å². The Morgan fingerprint density at radius 3 is 2.56 bits per heavy atom. The molecule has 0 spiro atoms. The van der Waals surface area contributed by atoms with E-state index < -0.39 is 0 Å². The van der Waals surface area contributed by atoms with Crippen LogP contribution >= 0.6 is 0 Å². The van der Waals surface area contributed by atoms with Crippen molar-refractivity contribution in [3.8, 4) is 0 Å². The summed E-state index contributed by atoms with van der Waals surface area (Å²) in [4.78, 5) is 16.8. The quantitative estimate of drug-likeness (QED) is 0.646. The maximum atomic E-state index is 11.6. The van der Waals surface area contributed by atoms with Crippen LogP contribution in [0.25, 0.3) is 0 Å². The fourth-order valence-electron chi connectivity index (χ4n) is 1.52. The fourth-order valence-corrected chi connectivity index (χ4v) is 1.52. The maximum absolute atomic E-state index is 11.6. The van der Waals surface area contributed by atoms with Crippen molar-refractivity contribution in [1.29, 1.82) is 0 Å². The molecule has 0 heterocycles. The molecule has 0 aliphatic rings. The Balaban J connectivity index is 1.72. The molecule has 0 saturated carbocycles. The molecule has 0 aliphatic carbocycles. The van der Waals surface area contributed by atoms with E-state index in [9.17, 15) is 4.79 Å². The number of amides is 1. The summed E-state index contributed by atoms with van der Waals surface area (Å²) in [7, 11) is 0. The van der Waals surface area contributed by atoms with Crippen molar-refractivity contribution in [2.45, 2.75) is 6.42 Å². The van der Waals surface area contributed by atoms with Crippen molar-refractivity contribution in [3.05, 3.63) is 71.8 Å². The number of benzene rings is 2. The van der Waals surface area contributed by atoms with Crippen LogP contribution in [0.15, 0.2) is 60.6 Å². The maximum Gasteiger partial charge on any atom is 0.274 e. The minimum absolute atomic E-state index is 0.248. The molecule has 0 aliphatic heterocycles. The number of hydrogen-bond donors (Lipinski definition) is 1. The average molecular weight is 242 g/mol. The zero-order chi connectivity index (χ0) is 13.5. The standard InChI is InChI=1S/C15H15NO2/c17-15(14-9-5-2-6-10-14)16-18-12-11-13-7-3-1-4-8-13/h1-10H,11-12H2,(H,16,17)/i1D. The zero-order valence-corrected chi connectivity index (χ0v) is 9.93. The average Bonchev–Trinajstić information content (AvgIpc) is 2.46. The topological polar surface area (TPSA) is 38.3 Å². The SMILES string of the molecule is [2H]c1ccc(CCONC(=O)c2ccccc2)cc1. The van der Waals surface area contributed by atoms with Gasteiger partial charge in [-0.3, -0.25) is 9.63 Å². The van der Waals surface area contributed by atoms with Crippen LogP contribution in [0.3, 0.4) is 0 Å². The van der Waals surface area contributed by atoms with Crippen LogP contribution in [0.4, 0.5) is 0 Å². The van der Waals surface area contributed by atoms with Crippen molar-refractivity contribution >= 4 is 5.91 Å². The van der Waals surface area contributed by atoms with E-state index in [2.05, 4.69) is 5.48 Å². The normalized spacial score (nSPS) is 10.8. The lowest BCUT2D eigenvalue weighted by molar-refractivity contribution is 0.0324. The third-order valence-electron chi connectivity index (χ3n) is 2.48. The molecule has 3 heteroatoms. The number of carbonyl (C=O) groups is 1. The van der Waals surface area contributed by atoms with Gasteiger partial charge in [-0.2, -0.15) is 0 Å². The molecule has 0 atom stereocenters. The summed E-state index contributed by atoms with van der Waals surface area (Å²) in [5, 5.41) is 0. The summed E-state index contributed by atoms with van der Waals surface area (Å²) in [6.07, 6.45) is 0.690. The minimum Gasteiger partial charge on any atom is -0.273 e. The molecule has 2 rings (SSSR count). The first-order chi connectivity index (χ1) is 9.25. The van der Waals surface area contributed by atoms with Crippen molar-refractivity contribution in [3.63, 3.8) is 0 Å². The third-order valence-corrected chi connectivity index (χ3v) is 2.48. The van der Waals surface area contributed by atoms with Crippen molar-refractivity contribution in [2.75, 3.05) is 6.61 Å². The molecule has 1 N–H and O–H groups in total. The van der Waals surface area contributed by atoms with E-state index in [0.717, 1.165) is 5.56 Å². The second-order valence-corrected chi connectivity index (χ2v) is 3.80. The fraction of sp³-hybridized carbons (Fsp3) is 0.133. The van der Waals surface area contributed by atoms with E-state index in [0.29, 0.717) is 24.6 Å². The predicted octanol–water partition coefficient (Wildman–Crippen LogP) is 2.59. The molecule has 0 fully saturated rings.